The average Bonchev–Trinajstić information content (AvgIpc) is 2.81. The van der Waals surface area contributed by atoms with E-state index < -0.39 is 29.0 Å². The molecule has 0 aliphatic carbocycles. The van der Waals surface area contributed by atoms with Crippen molar-refractivity contribution in [1.29, 1.82) is 0 Å². The molecule has 0 fully saturated rings. The molecule has 2 heterocycles. The van der Waals surface area contributed by atoms with E-state index in [0.29, 0.717) is 0 Å². The van der Waals surface area contributed by atoms with E-state index in [1.165, 1.54) is 36.2 Å². The zero-order valence-corrected chi connectivity index (χ0v) is 12.5. The van der Waals surface area contributed by atoms with Gasteiger partial charge in [-0.25, -0.2) is 8.78 Å². The third-order valence-corrected chi connectivity index (χ3v) is 4.26. The highest BCUT2D eigenvalue weighted by Gasteiger charge is 2.41. The van der Waals surface area contributed by atoms with Crippen molar-refractivity contribution in [3.63, 3.8) is 0 Å². The molecule has 6 heteroatoms. The average molecular weight is 327 g/mol. The van der Waals surface area contributed by atoms with Crippen LogP contribution in [-0.4, -0.2) is 17.9 Å². The molecule has 1 amide bonds. The fourth-order valence-electron chi connectivity index (χ4n) is 3.12. The van der Waals surface area contributed by atoms with Crippen molar-refractivity contribution in [3.8, 4) is 0 Å². The summed E-state index contributed by atoms with van der Waals surface area (Å²) >= 11 is 0. The van der Waals surface area contributed by atoms with Crippen LogP contribution in [0, 0.1) is 11.6 Å². The molecule has 4 nitrogen and oxygen atoms in total. The largest absolute Gasteiger partial charge is 0.450 e. The predicted octanol–water partition coefficient (Wildman–Crippen LogP) is 3.25. The predicted molar refractivity (Wildman–Crippen MR) is 82.8 cm³/mol. The van der Waals surface area contributed by atoms with Gasteiger partial charge in [0.2, 0.25) is 5.76 Å². The van der Waals surface area contributed by atoms with Crippen LogP contribution in [0.25, 0.3) is 11.0 Å². The van der Waals surface area contributed by atoms with Crippen LogP contribution in [0.4, 0.5) is 8.78 Å². The van der Waals surface area contributed by atoms with Gasteiger partial charge in [0.1, 0.15) is 17.2 Å². The van der Waals surface area contributed by atoms with Crippen LogP contribution in [0.2, 0.25) is 0 Å². The molecule has 1 aromatic heterocycles. The summed E-state index contributed by atoms with van der Waals surface area (Å²) in [4.78, 5) is 26.5. The first kappa shape index (κ1) is 14.6. The third kappa shape index (κ3) is 1.89. The number of nitrogens with zero attached hydrogens (tertiary/aromatic N) is 1. The minimum atomic E-state index is -0.905. The van der Waals surface area contributed by atoms with Crippen LogP contribution in [0.5, 0.6) is 0 Å². The summed E-state index contributed by atoms with van der Waals surface area (Å²) in [5.41, 5.74) is -0.186. The Balaban J connectivity index is 2.08. The first-order valence-electron chi connectivity index (χ1n) is 7.27. The molecule has 0 saturated heterocycles. The molecular formula is C18H11F2NO3. The second kappa shape index (κ2) is 4.99. The number of fused-ring (bicyclic) bond motifs is 2. The molecule has 2 aromatic carbocycles. The van der Waals surface area contributed by atoms with Crippen molar-refractivity contribution in [2.24, 2.45) is 0 Å². The zero-order valence-electron chi connectivity index (χ0n) is 12.5. The number of amides is 1. The van der Waals surface area contributed by atoms with Crippen LogP contribution < -0.4 is 5.43 Å². The van der Waals surface area contributed by atoms with Gasteiger partial charge in [0.05, 0.1) is 17.0 Å². The first-order chi connectivity index (χ1) is 11.5. The number of carbonyl (C=O) groups is 1. The van der Waals surface area contributed by atoms with E-state index in [9.17, 15) is 18.4 Å². The van der Waals surface area contributed by atoms with Crippen molar-refractivity contribution >= 4 is 16.9 Å². The highest BCUT2D eigenvalue weighted by molar-refractivity contribution is 5.98. The normalized spacial score (nSPS) is 16.7. The molecule has 1 unspecified atom stereocenters. The van der Waals surface area contributed by atoms with Gasteiger partial charge in [-0.05, 0) is 24.3 Å². The molecule has 0 saturated carbocycles. The number of benzene rings is 2. The van der Waals surface area contributed by atoms with Gasteiger partial charge in [-0.15, -0.1) is 0 Å². The zero-order chi connectivity index (χ0) is 17.0. The molecule has 0 bridgehead atoms. The lowest BCUT2D eigenvalue weighted by Crippen LogP contribution is -2.25. The van der Waals surface area contributed by atoms with Crippen molar-refractivity contribution in [2.45, 2.75) is 6.04 Å². The van der Waals surface area contributed by atoms with E-state index in [0.717, 1.165) is 12.1 Å². The number of hydrogen-bond donors (Lipinski definition) is 0. The summed E-state index contributed by atoms with van der Waals surface area (Å²) in [5.74, 6) is -1.76. The van der Waals surface area contributed by atoms with Gasteiger partial charge < -0.3 is 9.32 Å². The summed E-state index contributed by atoms with van der Waals surface area (Å²) in [6.07, 6.45) is 0. The van der Waals surface area contributed by atoms with E-state index in [-0.39, 0.29) is 27.9 Å². The van der Waals surface area contributed by atoms with E-state index >= 15 is 0 Å². The van der Waals surface area contributed by atoms with Crippen LogP contribution in [0.1, 0.15) is 27.7 Å². The molecule has 0 N–H and O–H groups in total. The highest BCUT2D eigenvalue weighted by Crippen LogP contribution is 2.37. The van der Waals surface area contributed by atoms with E-state index in [1.54, 1.807) is 6.07 Å². The number of halogens is 2. The molecule has 24 heavy (non-hydrogen) atoms. The van der Waals surface area contributed by atoms with Gasteiger partial charge in [-0.3, -0.25) is 9.59 Å². The SMILES string of the molecule is CN1C(=O)c2oc3ccc(F)cc3c(=O)c2C1c1ccccc1F. The fourth-order valence-corrected chi connectivity index (χ4v) is 3.12. The Kier molecular flexibility index (Phi) is 3.03. The first-order valence-corrected chi connectivity index (χ1v) is 7.27. The monoisotopic (exact) mass is 327 g/mol. The van der Waals surface area contributed by atoms with Gasteiger partial charge in [-0.2, -0.15) is 0 Å². The van der Waals surface area contributed by atoms with Crippen LogP contribution in [0.15, 0.2) is 51.7 Å². The summed E-state index contributed by atoms with van der Waals surface area (Å²) in [7, 11) is 1.47. The molecule has 1 atom stereocenters. The van der Waals surface area contributed by atoms with Crippen molar-refractivity contribution in [2.75, 3.05) is 7.05 Å². The lowest BCUT2D eigenvalue weighted by Gasteiger charge is -2.20. The van der Waals surface area contributed by atoms with E-state index in [2.05, 4.69) is 0 Å². The Labute approximate surface area is 134 Å². The van der Waals surface area contributed by atoms with Crippen LogP contribution in [-0.2, 0) is 0 Å². The smallest absolute Gasteiger partial charge is 0.290 e. The van der Waals surface area contributed by atoms with Crippen molar-refractivity contribution in [3.05, 3.63) is 81.2 Å². The van der Waals surface area contributed by atoms with Crippen LogP contribution >= 0.6 is 0 Å². The molecular weight excluding hydrogens is 316 g/mol. The van der Waals surface area contributed by atoms with Gasteiger partial charge in [-0.1, -0.05) is 18.2 Å². The van der Waals surface area contributed by atoms with Crippen LogP contribution in [0.3, 0.4) is 0 Å². The Morgan fingerprint density at radius 1 is 1.08 bits per heavy atom. The molecule has 4 rings (SSSR count). The molecule has 0 spiro atoms. The summed E-state index contributed by atoms with van der Waals surface area (Å²) in [6, 6.07) is 8.51. The van der Waals surface area contributed by atoms with E-state index in [4.69, 9.17) is 4.42 Å². The number of hydrogen-bond acceptors (Lipinski definition) is 3. The summed E-state index contributed by atoms with van der Waals surface area (Å²) in [6.45, 7) is 0. The molecule has 1 aliphatic heterocycles. The highest BCUT2D eigenvalue weighted by atomic mass is 19.1. The molecule has 0 radical (unpaired) electrons. The second-order valence-corrected chi connectivity index (χ2v) is 5.65. The maximum atomic E-state index is 14.2. The fraction of sp³-hybridized carbons (Fsp3) is 0.111. The summed E-state index contributed by atoms with van der Waals surface area (Å²) < 4.78 is 33.2. The molecule has 1 aliphatic rings. The Hall–Kier alpha value is -3.02. The maximum Gasteiger partial charge on any atom is 0.290 e. The summed E-state index contributed by atoms with van der Waals surface area (Å²) in [5, 5.41) is 0.0261. The minimum Gasteiger partial charge on any atom is -0.450 e. The Morgan fingerprint density at radius 2 is 1.83 bits per heavy atom. The molecule has 120 valence electrons. The van der Waals surface area contributed by atoms with Gasteiger partial charge >= 0.3 is 0 Å². The second-order valence-electron chi connectivity index (χ2n) is 5.65. The van der Waals surface area contributed by atoms with E-state index in [1.807, 2.05) is 0 Å². The number of rotatable bonds is 1. The third-order valence-electron chi connectivity index (χ3n) is 4.26. The van der Waals surface area contributed by atoms with Crippen molar-refractivity contribution < 1.29 is 18.0 Å². The quantitative estimate of drug-likeness (QED) is 0.689. The lowest BCUT2D eigenvalue weighted by atomic mass is 9.98. The molecule has 3 aromatic rings. The van der Waals surface area contributed by atoms with Crippen molar-refractivity contribution in [1.82, 2.24) is 4.90 Å². The standard InChI is InChI=1S/C18H11F2NO3/c1-21-15(10-4-2-3-5-12(10)20)14-16(22)11-8-9(19)6-7-13(11)24-17(14)18(21)23/h2-8,15H,1H3. The lowest BCUT2D eigenvalue weighted by molar-refractivity contribution is 0.0770. The van der Waals surface area contributed by atoms with Gasteiger partial charge in [0.15, 0.2) is 5.43 Å². The maximum absolute atomic E-state index is 14.2. The van der Waals surface area contributed by atoms with Gasteiger partial charge in [0.25, 0.3) is 5.91 Å². The Morgan fingerprint density at radius 3 is 2.58 bits per heavy atom. The van der Waals surface area contributed by atoms with Gasteiger partial charge in [0, 0.05) is 12.6 Å². The minimum absolute atomic E-state index is 0.0261. The Bertz CT molecular complexity index is 1060. The topological polar surface area (TPSA) is 50.5 Å². The number of carbonyl (C=O) groups excluding carboxylic acids is 1.